The summed E-state index contributed by atoms with van der Waals surface area (Å²) in [4.78, 5) is 8.60. The molecule has 0 aliphatic rings. The molecule has 3 N–H and O–H groups in total. The lowest BCUT2D eigenvalue weighted by molar-refractivity contribution is 0.146. The highest BCUT2D eigenvalue weighted by atomic mass is 32.1. The van der Waals surface area contributed by atoms with Crippen LogP contribution in [0.2, 0.25) is 0 Å². The third-order valence-corrected chi connectivity index (χ3v) is 3.11. The fourth-order valence-electron chi connectivity index (χ4n) is 1.41. The van der Waals surface area contributed by atoms with Crippen molar-refractivity contribution in [2.45, 2.75) is 26.7 Å². The second-order valence-electron chi connectivity index (χ2n) is 3.85. The van der Waals surface area contributed by atoms with E-state index < -0.39 is 0 Å². The molecule has 0 amide bonds. The monoisotopic (exact) mass is 270 g/mol. The Balaban J connectivity index is 2.08. The van der Waals surface area contributed by atoms with Gasteiger partial charge in [0.05, 0.1) is 10.7 Å². The van der Waals surface area contributed by atoms with Crippen LogP contribution in [0.25, 0.3) is 0 Å². The highest BCUT2D eigenvalue weighted by Crippen LogP contribution is 2.07. The number of ether oxygens (including phenoxy) is 1. The van der Waals surface area contributed by atoms with Crippen molar-refractivity contribution in [1.29, 1.82) is 0 Å². The number of thiazole rings is 1. The number of aryl methyl sites for hydroxylation is 1. The second kappa shape index (κ2) is 8.88. The minimum absolute atomic E-state index is 0.499. The van der Waals surface area contributed by atoms with Crippen LogP contribution in [0.3, 0.4) is 0 Å². The molecule has 1 aromatic heterocycles. The fraction of sp³-hybridized carbons (Fsp3) is 0.667. The summed E-state index contributed by atoms with van der Waals surface area (Å²) in [6, 6.07) is 0. The van der Waals surface area contributed by atoms with Gasteiger partial charge >= 0.3 is 0 Å². The Hall–Kier alpha value is -1.14. The van der Waals surface area contributed by atoms with E-state index in [1.165, 1.54) is 0 Å². The molecule has 18 heavy (non-hydrogen) atoms. The van der Waals surface area contributed by atoms with Gasteiger partial charge in [-0.25, -0.2) is 4.98 Å². The molecule has 0 unspecified atom stereocenters. The molecule has 102 valence electrons. The fourth-order valence-corrected chi connectivity index (χ4v) is 2.06. The van der Waals surface area contributed by atoms with Crippen LogP contribution < -0.4 is 11.1 Å². The van der Waals surface area contributed by atoms with E-state index in [2.05, 4.69) is 20.7 Å². The number of nitrogens with zero attached hydrogens (tertiary/aromatic N) is 2. The highest BCUT2D eigenvalue weighted by molar-refractivity contribution is 7.09. The number of rotatable bonds is 8. The lowest BCUT2D eigenvalue weighted by atomic mass is 10.3. The molecule has 0 aliphatic carbocycles. The number of aliphatic imine (C=N–C) groups is 1. The maximum Gasteiger partial charge on any atom is 0.188 e. The summed E-state index contributed by atoms with van der Waals surface area (Å²) >= 11 is 1.67. The molecule has 6 heteroatoms. The van der Waals surface area contributed by atoms with Crippen molar-refractivity contribution in [2.24, 2.45) is 10.7 Å². The van der Waals surface area contributed by atoms with Gasteiger partial charge in [-0.15, -0.1) is 11.3 Å². The van der Waals surface area contributed by atoms with Gasteiger partial charge in [0.25, 0.3) is 0 Å². The normalized spacial score (nSPS) is 11.8. The van der Waals surface area contributed by atoms with Crippen LogP contribution in [0.5, 0.6) is 0 Å². The molecule has 1 heterocycles. The summed E-state index contributed by atoms with van der Waals surface area (Å²) in [5.41, 5.74) is 6.84. The Morgan fingerprint density at radius 3 is 3.11 bits per heavy atom. The second-order valence-corrected chi connectivity index (χ2v) is 4.91. The summed E-state index contributed by atoms with van der Waals surface area (Å²) in [5.74, 6) is 0.499. The number of guanidine groups is 1. The van der Waals surface area contributed by atoms with E-state index >= 15 is 0 Å². The molecule has 5 nitrogen and oxygen atoms in total. The van der Waals surface area contributed by atoms with Gasteiger partial charge in [0, 0.05) is 38.1 Å². The van der Waals surface area contributed by atoms with Crippen LogP contribution in [0.15, 0.2) is 10.4 Å². The van der Waals surface area contributed by atoms with E-state index in [0.717, 1.165) is 43.3 Å². The van der Waals surface area contributed by atoms with Gasteiger partial charge < -0.3 is 15.8 Å². The van der Waals surface area contributed by atoms with Crippen LogP contribution in [-0.2, 0) is 11.2 Å². The Morgan fingerprint density at radius 2 is 2.44 bits per heavy atom. The topological polar surface area (TPSA) is 72.5 Å². The van der Waals surface area contributed by atoms with Crippen molar-refractivity contribution < 1.29 is 4.74 Å². The minimum atomic E-state index is 0.499. The average Bonchev–Trinajstić information content (AvgIpc) is 2.75. The lowest BCUT2D eigenvalue weighted by Gasteiger charge is -2.04. The van der Waals surface area contributed by atoms with Crippen LogP contribution in [0, 0.1) is 6.92 Å². The zero-order valence-corrected chi connectivity index (χ0v) is 11.9. The third kappa shape index (κ3) is 6.56. The summed E-state index contributed by atoms with van der Waals surface area (Å²) in [6.07, 6.45) is 1.78. The van der Waals surface area contributed by atoms with Crippen molar-refractivity contribution >= 4 is 17.3 Å². The Morgan fingerprint density at radius 1 is 1.61 bits per heavy atom. The molecule has 0 saturated heterocycles. The first-order chi connectivity index (χ1) is 8.72. The number of aromatic nitrogens is 1. The van der Waals surface area contributed by atoms with Crippen LogP contribution >= 0.6 is 11.3 Å². The maximum absolute atomic E-state index is 5.74. The summed E-state index contributed by atoms with van der Waals surface area (Å²) in [7, 11) is 0. The zero-order valence-electron chi connectivity index (χ0n) is 11.1. The Labute approximate surface area is 112 Å². The maximum atomic E-state index is 5.74. The zero-order chi connectivity index (χ0) is 13.2. The molecule has 0 aliphatic heterocycles. The third-order valence-electron chi connectivity index (χ3n) is 2.29. The van der Waals surface area contributed by atoms with Crippen molar-refractivity contribution in [2.75, 3.05) is 26.3 Å². The summed E-state index contributed by atoms with van der Waals surface area (Å²) < 4.78 is 5.22. The van der Waals surface area contributed by atoms with Crippen LogP contribution in [0.1, 0.15) is 24.0 Å². The molecule has 0 radical (unpaired) electrons. The molecule has 0 spiro atoms. The van der Waals surface area contributed by atoms with Gasteiger partial charge in [-0.3, -0.25) is 4.99 Å². The molecule has 0 bridgehead atoms. The molecule has 1 aromatic rings. The number of nitrogens with one attached hydrogen (secondary N) is 1. The summed E-state index contributed by atoms with van der Waals surface area (Å²) in [5, 5.41) is 6.26. The van der Waals surface area contributed by atoms with Crippen LogP contribution in [-0.4, -0.2) is 37.2 Å². The highest BCUT2D eigenvalue weighted by Gasteiger charge is 1.98. The first-order valence-corrected chi connectivity index (χ1v) is 7.13. The van der Waals surface area contributed by atoms with Crippen molar-refractivity contribution in [3.8, 4) is 0 Å². The summed E-state index contributed by atoms with van der Waals surface area (Å²) in [6.45, 7) is 6.96. The van der Waals surface area contributed by atoms with Gasteiger partial charge in [0.15, 0.2) is 5.96 Å². The van der Waals surface area contributed by atoms with Gasteiger partial charge in [-0.1, -0.05) is 0 Å². The van der Waals surface area contributed by atoms with E-state index in [1.807, 2.05) is 13.8 Å². The Kier molecular flexibility index (Phi) is 7.36. The van der Waals surface area contributed by atoms with Gasteiger partial charge in [0.2, 0.25) is 0 Å². The standard InChI is InChI=1S/C12H22N4OS/c1-3-17-8-4-6-14-12(13)15-7-5-11-9-18-10(2)16-11/h9H,3-8H2,1-2H3,(H3,13,14,15). The number of hydrogen-bond acceptors (Lipinski definition) is 4. The van der Waals surface area contributed by atoms with Crippen molar-refractivity contribution in [1.82, 2.24) is 10.3 Å². The molecular weight excluding hydrogens is 248 g/mol. The van der Waals surface area contributed by atoms with E-state index in [9.17, 15) is 0 Å². The van der Waals surface area contributed by atoms with Crippen LogP contribution in [0.4, 0.5) is 0 Å². The smallest absolute Gasteiger partial charge is 0.188 e. The van der Waals surface area contributed by atoms with E-state index in [-0.39, 0.29) is 0 Å². The largest absolute Gasteiger partial charge is 0.382 e. The van der Waals surface area contributed by atoms with E-state index in [0.29, 0.717) is 12.5 Å². The molecule has 0 saturated carbocycles. The predicted molar refractivity (Wildman–Crippen MR) is 76.2 cm³/mol. The van der Waals surface area contributed by atoms with E-state index in [1.54, 1.807) is 11.3 Å². The first-order valence-electron chi connectivity index (χ1n) is 6.25. The number of nitrogens with two attached hydrogens (primary N) is 1. The van der Waals surface area contributed by atoms with Gasteiger partial charge in [-0.05, 0) is 20.3 Å². The van der Waals surface area contributed by atoms with E-state index in [4.69, 9.17) is 10.5 Å². The Bertz CT molecular complexity index is 365. The van der Waals surface area contributed by atoms with Gasteiger partial charge in [-0.2, -0.15) is 0 Å². The quantitative estimate of drug-likeness (QED) is 0.424. The SMILES string of the molecule is CCOCCCN=C(N)NCCc1csc(C)n1. The molecular formula is C12H22N4OS. The predicted octanol–water partition coefficient (Wildman–Crippen LogP) is 1.32. The molecule has 0 atom stereocenters. The molecule has 1 rings (SSSR count). The minimum Gasteiger partial charge on any atom is -0.382 e. The molecule has 0 aromatic carbocycles. The first kappa shape index (κ1) is 14.9. The van der Waals surface area contributed by atoms with Crippen molar-refractivity contribution in [3.05, 3.63) is 16.1 Å². The van der Waals surface area contributed by atoms with Crippen molar-refractivity contribution in [3.63, 3.8) is 0 Å². The van der Waals surface area contributed by atoms with Gasteiger partial charge in [0.1, 0.15) is 0 Å². The lowest BCUT2D eigenvalue weighted by Crippen LogP contribution is -2.33. The molecule has 0 fully saturated rings. The number of hydrogen-bond donors (Lipinski definition) is 2. The average molecular weight is 270 g/mol.